The Morgan fingerprint density at radius 2 is 1.87 bits per heavy atom. The number of rotatable bonds is 6. The van der Waals surface area contributed by atoms with Crippen LogP contribution in [0.15, 0.2) is 30.3 Å². The number of hydrogen-bond donors (Lipinski definition) is 0. The van der Waals surface area contributed by atoms with E-state index in [4.69, 9.17) is 0 Å². The molecule has 0 fully saturated rings. The van der Waals surface area contributed by atoms with Gasteiger partial charge < -0.3 is 4.79 Å². The first-order chi connectivity index (χ1) is 7.22. The zero-order valence-electron chi connectivity index (χ0n) is 9.65. The Labute approximate surface area is 92.5 Å². The lowest BCUT2D eigenvalue weighted by molar-refractivity contribution is -0.108. The summed E-state index contributed by atoms with van der Waals surface area (Å²) in [6.07, 6.45) is 3.90. The quantitative estimate of drug-likeness (QED) is 0.648. The average molecular weight is 204 g/mol. The molecule has 0 spiro atoms. The molecule has 1 aromatic rings. The summed E-state index contributed by atoms with van der Waals surface area (Å²) in [7, 11) is 0. The largest absolute Gasteiger partial charge is 0.303 e. The van der Waals surface area contributed by atoms with Gasteiger partial charge in [-0.1, -0.05) is 44.2 Å². The second-order valence-electron chi connectivity index (χ2n) is 4.59. The van der Waals surface area contributed by atoms with E-state index in [9.17, 15) is 4.79 Å². The third-order valence-corrected chi connectivity index (χ3v) is 2.60. The first-order valence-electron chi connectivity index (χ1n) is 5.70. The van der Waals surface area contributed by atoms with Crippen LogP contribution in [0.25, 0.3) is 0 Å². The fraction of sp³-hybridized carbons (Fsp3) is 0.500. The van der Waals surface area contributed by atoms with Crippen LogP contribution in [0.2, 0.25) is 0 Å². The van der Waals surface area contributed by atoms with Crippen LogP contribution in [0, 0.1) is 11.8 Å². The van der Waals surface area contributed by atoms with Gasteiger partial charge in [0.15, 0.2) is 0 Å². The maximum atomic E-state index is 10.6. The normalized spacial score (nSPS) is 12.7. The first kappa shape index (κ1) is 12.0. The predicted octanol–water partition coefficient (Wildman–Crippen LogP) is 3.48. The van der Waals surface area contributed by atoms with Gasteiger partial charge in [0.1, 0.15) is 6.29 Å². The molecule has 0 saturated carbocycles. The van der Waals surface area contributed by atoms with Crippen LogP contribution in [0.4, 0.5) is 0 Å². The monoisotopic (exact) mass is 204 g/mol. The van der Waals surface area contributed by atoms with Gasteiger partial charge in [0.2, 0.25) is 0 Å². The molecule has 1 atom stereocenters. The molecule has 1 rings (SSSR count). The van der Waals surface area contributed by atoms with Gasteiger partial charge in [0.05, 0.1) is 0 Å². The van der Waals surface area contributed by atoms with Gasteiger partial charge in [-0.25, -0.2) is 0 Å². The summed E-state index contributed by atoms with van der Waals surface area (Å²) < 4.78 is 0. The lowest BCUT2D eigenvalue weighted by Gasteiger charge is -2.16. The Kier molecular flexibility index (Phi) is 5.09. The minimum absolute atomic E-state index is 0.505. The molecule has 0 radical (unpaired) electrons. The molecule has 1 heteroatoms. The summed E-state index contributed by atoms with van der Waals surface area (Å²) in [5, 5.41) is 0. The van der Waals surface area contributed by atoms with Crippen molar-refractivity contribution < 1.29 is 4.79 Å². The van der Waals surface area contributed by atoms with Gasteiger partial charge in [0, 0.05) is 6.42 Å². The third kappa shape index (κ3) is 4.78. The summed E-state index contributed by atoms with van der Waals surface area (Å²) in [6, 6.07) is 10.4. The standard InChI is InChI=1S/C14H20O/c1-12(2)10-14(8-9-15)11-13-6-4-3-5-7-13/h3-7,9,12,14H,8,10-11H2,1-2H3. The zero-order valence-corrected chi connectivity index (χ0v) is 9.65. The van der Waals surface area contributed by atoms with Crippen LogP contribution < -0.4 is 0 Å². The number of carbonyl (C=O) groups is 1. The molecule has 0 saturated heterocycles. The Bertz CT molecular complexity index is 277. The second kappa shape index (κ2) is 6.39. The van der Waals surface area contributed by atoms with E-state index in [2.05, 4.69) is 38.1 Å². The third-order valence-electron chi connectivity index (χ3n) is 2.60. The van der Waals surface area contributed by atoms with Crippen molar-refractivity contribution in [2.75, 3.05) is 0 Å². The Balaban J connectivity index is 2.54. The maximum Gasteiger partial charge on any atom is 0.120 e. The molecular formula is C14H20O. The molecule has 0 bridgehead atoms. The fourth-order valence-corrected chi connectivity index (χ4v) is 2.01. The minimum Gasteiger partial charge on any atom is -0.303 e. The summed E-state index contributed by atoms with van der Waals surface area (Å²) in [5.41, 5.74) is 1.34. The Morgan fingerprint density at radius 1 is 1.20 bits per heavy atom. The van der Waals surface area contributed by atoms with Crippen LogP contribution in [0.5, 0.6) is 0 Å². The average Bonchev–Trinajstić information content (AvgIpc) is 2.18. The maximum absolute atomic E-state index is 10.6. The number of benzene rings is 1. The molecule has 1 nitrogen and oxygen atoms in total. The summed E-state index contributed by atoms with van der Waals surface area (Å²) >= 11 is 0. The predicted molar refractivity (Wildman–Crippen MR) is 63.8 cm³/mol. The molecule has 0 aliphatic rings. The van der Waals surface area contributed by atoms with Crippen molar-refractivity contribution in [1.29, 1.82) is 0 Å². The van der Waals surface area contributed by atoms with Crippen molar-refractivity contribution in [1.82, 2.24) is 0 Å². The van der Waals surface area contributed by atoms with Crippen LogP contribution in [-0.2, 0) is 11.2 Å². The van der Waals surface area contributed by atoms with Crippen LogP contribution in [-0.4, -0.2) is 6.29 Å². The van der Waals surface area contributed by atoms with Gasteiger partial charge in [-0.3, -0.25) is 0 Å². The SMILES string of the molecule is CC(C)CC(CC=O)Cc1ccccc1. The highest BCUT2D eigenvalue weighted by Crippen LogP contribution is 2.19. The molecule has 1 unspecified atom stereocenters. The van der Waals surface area contributed by atoms with Crippen molar-refractivity contribution in [3.63, 3.8) is 0 Å². The van der Waals surface area contributed by atoms with Gasteiger partial charge in [0.25, 0.3) is 0 Å². The van der Waals surface area contributed by atoms with Gasteiger partial charge in [-0.2, -0.15) is 0 Å². The lowest BCUT2D eigenvalue weighted by atomic mass is 9.89. The Hall–Kier alpha value is -1.11. The van der Waals surface area contributed by atoms with Crippen molar-refractivity contribution in [3.8, 4) is 0 Å². The highest BCUT2D eigenvalue weighted by Gasteiger charge is 2.10. The first-order valence-corrected chi connectivity index (χ1v) is 5.70. The van der Waals surface area contributed by atoms with Crippen LogP contribution in [0.3, 0.4) is 0 Å². The van der Waals surface area contributed by atoms with E-state index in [1.807, 2.05) is 6.07 Å². The molecule has 82 valence electrons. The topological polar surface area (TPSA) is 17.1 Å². The van der Waals surface area contributed by atoms with Crippen LogP contribution >= 0.6 is 0 Å². The number of hydrogen-bond acceptors (Lipinski definition) is 1. The van der Waals surface area contributed by atoms with Gasteiger partial charge in [-0.05, 0) is 30.2 Å². The van der Waals surface area contributed by atoms with E-state index in [0.29, 0.717) is 18.3 Å². The molecule has 0 aromatic heterocycles. The minimum atomic E-state index is 0.505. The molecule has 0 amide bonds. The van der Waals surface area contributed by atoms with Crippen LogP contribution in [0.1, 0.15) is 32.3 Å². The van der Waals surface area contributed by atoms with E-state index in [1.165, 1.54) is 5.56 Å². The van der Waals surface area contributed by atoms with Crippen molar-refractivity contribution >= 4 is 6.29 Å². The van der Waals surface area contributed by atoms with E-state index in [0.717, 1.165) is 19.1 Å². The summed E-state index contributed by atoms with van der Waals surface area (Å²) in [5.74, 6) is 1.17. The Morgan fingerprint density at radius 3 is 2.40 bits per heavy atom. The molecule has 0 heterocycles. The van der Waals surface area contributed by atoms with E-state index in [1.54, 1.807) is 0 Å². The highest BCUT2D eigenvalue weighted by atomic mass is 16.1. The fourth-order valence-electron chi connectivity index (χ4n) is 2.01. The highest BCUT2D eigenvalue weighted by molar-refractivity contribution is 5.49. The number of carbonyl (C=O) groups excluding carboxylic acids is 1. The van der Waals surface area contributed by atoms with E-state index >= 15 is 0 Å². The lowest BCUT2D eigenvalue weighted by Crippen LogP contribution is -2.08. The molecule has 1 aromatic carbocycles. The van der Waals surface area contributed by atoms with Crippen molar-refractivity contribution in [3.05, 3.63) is 35.9 Å². The molecule has 15 heavy (non-hydrogen) atoms. The molecule has 0 aliphatic carbocycles. The number of aldehydes is 1. The molecule has 0 aliphatic heterocycles. The second-order valence-corrected chi connectivity index (χ2v) is 4.59. The van der Waals surface area contributed by atoms with Gasteiger partial charge >= 0.3 is 0 Å². The van der Waals surface area contributed by atoms with E-state index < -0.39 is 0 Å². The smallest absolute Gasteiger partial charge is 0.120 e. The van der Waals surface area contributed by atoms with Gasteiger partial charge in [-0.15, -0.1) is 0 Å². The van der Waals surface area contributed by atoms with Crippen molar-refractivity contribution in [2.24, 2.45) is 11.8 Å². The summed E-state index contributed by atoms with van der Waals surface area (Å²) in [6.45, 7) is 4.42. The summed E-state index contributed by atoms with van der Waals surface area (Å²) in [4.78, 5) is 10.6. The molecular weight excluding hydrogens is 184 g/mol. The van der Waals surface area contributed by atoms with Crippen molar-refractivity contribution in [2.45, 2.75) is 33.1 Å². The zero-order chi connectivity index (χ0) is 11.1. The molecule has 0 N–H and O–H groups in total. The van der Waals surface area contributed by atoms with E-state index in [-0.39, 0.29) is 0 Å².